The molecule has 0 amide bonds. The zero-order valence-corrected chi connectivity index (χ0v) is 7.63. The molecule has 0 heterocycles. The van der Waals surface area contributed by atoms with E-state index < -0.39 is 0 Å². The molecule has 0 saturated carbocycles. The van der Waals surface area contributed by atoms with Gasteiger partial charge in [0, 0.05) is 6.72 Å². The van der Waals surface area contributed by atoms with Gasteiger partial charge in [-0.25, -0.2) is 4.39 Å². The maximum absolute atomic E-state index is 12.8. The number of hydrazone groups is 1. The predicted molar refractivity (Wildman–Crippen MR) is 52.1 cm³/mol. The van der Waals surface area contributed by atoms with Crippen molar-refractivity contribution in [1.82, 2.24) is 5.43 Å². The standard InChI is InChI=1S/C10H13FN2/c1-3-10(13-12-2)8-5-4-6-9(11)7-8/h4-7,10,13H,2-3H2,1H3. The second kappa shape index (κ2) is 4.60. The molecule has 0 aliphatic carbocycles. The Morgan fingerprint density at radius 3 is 2.92 bits per heavy atom. The van der Waals surface area contributed by atoms with Crippen molar-refractivity contribution in [3.63, 3.8) is 0 Å². The Kier molecular flexibility index (Phi) is 3.43. The molecule has 0 aliphatic heterocycles. The van der Waals surface area contributed by atoms with Crippen molar-refractivity contribution in [2.24, 2.45) is 5.10 Å². The highest BCUT2D eigenvalue weighted by molar-refractivity contribution is 5.24. The number of nitrogens with zero attached hydrogens (tertiary/aromatic N) is 1. The Bertz CT molecular complexity index is 286. The second-order valence-electron chi connectivity index (χ2n) is 2.80. The van der Waals surface area contributed by atoms with E-state index in [2.05, 4.69) is 17.2 Å². The predicted octanol–water partition coefficient (Wildman–Crippen LogP) is 2.48. The van der Waals surface area contributed by atoms with Crippen molar-refractivity contribution >= 4 is 6.72 Å². The van der Waals surface area contributed by atoms with E-state index in [1.807, 2.05) is 13.0 Å². The van der Waals surface area contributed by atoms with E-state index in [1.54, 1.807) is 6.07 Å². The fraction of sp³-hybridized carbons (Fsp3) is 0.300. The third-order valence-electron chi connectivity index (χ3n) is 1.91. The fourth-order valence-electron chi connectivity index (χ4n) is 1.24. The van der Waals surface area contributed by atoms with Crippen LogP contribution in [0.15, 0.2) is 29.4 Å². The molecule has 13 heavy (non-hydrogen) atoms. The lowest BCUT2D eigenvalue weighted by molar-refractivity contribution is 0.537. The van der Waals surface area contributed by atoms with Crippen LogP contribution >= 0.6 is 0 Å². The van der Waals surface area contributed by atoms with Crippen molar-refractivity contribution in [1.29, 1.82) is 0 Å². The first kappa shape index (κ1) is 9.71. The first-order valence-electron chi connectivity index (χ1n) is 4.24. The van der Waals surface area contributed by atoms with Gasteiger partial charge in [0.1, 0.15) is 5.82 Å². The summed E-state index contributed by atoms with van der Waals surface area (Å²) in [4.78, 5) is 0. The minimum Gasteiger partial charge on any atom is -0.303 e. The molecule has 0 fully saturated rings. The Morgan fingerprint density at radius 2 is 2.38 bits per heavy atom. The summed E-state index contributed by atoms with van der Waals surface area (Å²) in [6.07, 6.45) is 0.850. The minimum absolute atomic E-state index is 0.0493. The van der Waals surface area contributed by atoms with Gasteiger partial charge in [-0.2, -0.15) is 5.10 Å². The summed E-state index contributed by atoms with van der Waals surface area (Å²) < 4.78 is 12.8. The lowest BCUT2D eigenvalue weighted by Gasteiger charge is -2.14. The minimum atomic E-state index is -0.221. The molecule has 1 aromatic rings. The van der Waals surface area contributed by atoms with Crippen LogP contribution in [0.5, 0.6) is 0 Å². The van der Waals surface area contributed by atoms with Gasteiger partial charge in [0.25, 0.3) is 0 Å². The van der Waals surface area contributed by atoms with Crippen LogP contribution < -0.4 is 5.43 Å². The number of hydrogen-bond acceptors (Lipinski definition) is 2. The summed E-state index contributed by atoms with van der Waals surface area (Å²) in [7, 11) is 0. The van der Waals surface area contributed by atoms with Gasteiger partial charge >= 0.3 is 0 Å². The molecular formula is C10H13FN2. The third kappa shape index (κ3) is 2.54. The van der Waals surface area contributed by atoms with Gasteiger partial charge in [0.15, 0.2) is 0 Å². The molecular weight excluding hydrogens is 167 g/mol. The Labute approximate surface area is 77.5 Å². The van der Waals surface area contributed by atoms with E-state index in [0.717, 1.165) is 12.0 Å². The zero-order valence-electron chi connectivity index (χ0n) is 7.63. The highest BCUT2D eigenvalue weighted by atomic mass is 19.1. The number of halogens is 1. The number of hydrogen-bond donors (Lipinski definition) is 1. The molecule has 1 aromatic carbocycles. The summed E-state index contributed by atoms with van der Waals surface area (Å²) in [5.41, 5.74) is 3.72. The maximum atomic E-state index is 12.8. The molecule has 1 N–H and O–H groups in total. The monoisotopic (exact) mass is 180 g/mol. The highest BCUT2D eigenvalue weighted by Gasteiger charge is 2.07. The smallest absolute Gasteiger partial charge is 0.123 e. The van der Waals surface area contributed by atoms with Gasteiger partial charge in [-0.1, -0.05) is 19.1 Å². The molecule has 0 aromatic heterocycles. The molecule has 0 spiro atoms. The summed E-state index contributed by atoms with van der Waals surface area (Å²) in [6, 6.07) is 6.55. The quantitative estimate of drug-likeness (QED) is 0.558. The van der Waals surface area contributed by atoms with Crippen LogP contribution in [0.1, 0.15) is 24.9 Å². The van der Waals surface area contributed by atoms with E-state index in [4.69, 9.17) is 0 Å². The van der Waals surface area contributed by atoms with Gasteiger partial charge in [-0.3, -0.25) is 0 Å². The molecule has 0 bridgehead atoms. The van der Waals surface area contributed by atoms with Crippen LogP contribution in [0.4, 0.5) is 4.39 Å². The molecule has 1 atom stereocenters. The molecule has 70 valence electrons. The average molecular weight is 180 g/mol. The average Bonchev–Trinajstić information content (AvgIpc) is 2.14. The van der Waals surface area contributed by atoms with Gasteiger partial charge in [0.2, 0.25) is 0 Å². The summed E-state index contributed by atoms with van der Waals surface area (Å²) in [5.74, 6) is -0.221. The Balaban J connectivity index is 2.84. The van der Waals surface area contributed by atoms with Crippen LogP contribution in [0.2, 0.25) is 0 Å². The lowest BCUT2D eigenvalue weighted by atomic mass is 10.1. The Morgan fingerprint density at radius 1 is 1.62 bits per heavy atom. The van der Waals surface area contributed by atoms with Crippen LogP contribution in [-0.4, -0.2) is 6.72 Å². The molecule has 1 unspecified atom stereocenters. The lowest BCUT2D eigenvalue weighted by Crippen LogP contribution is -2.14. The van der Waals surface area contributed by atoms with E-state index in [9.17, 15) is 4.39 Å². The SMILES string of the molecule is C=NNC(CC)c1cccc(F)c1. The van der Waals surface area contributed by atoms with E-state index in [0.29, 0.717) is 0 Å². The van der Waals surface area contributed by atoms with Crippen molar-refractivity contribution in [3.8, 4) is 0 Å². The van der Waals surface area contributed by atoms with Crippen molar-refractivity contribution in [3.05, 3.63) is 35.6 Å². The van der Waals surface area contributed by atoms with Crippen LogP contribution in [-0.2, 0) is 0 Å². The molecule has 0 radical (unpaired) electrons. The van der Waals surface area contributed by atoms with E-state index in [1.165, 1.54) is 12.1 Å². The molecule has 2 nitrogen and oxygen atoms in total. The van der Waals surface area contributed by atoms with Crippen LogP contribution in [0.25, 0.3) is 0 Å². The maximum Gasteiger partial charge on any atom is 0.123 e. The van der Waals surface area contributed by atoms with Gasteiger partial charge in [0.05, 0.1) is 6.04 Å². The molecule has 1 rings (SSSR count). The van der Waals surface area contributed by atoms with E-state index in [-0.39, 0.29) is 11.9 Å². The number of benzene rings is 1. The van der Waals surface area contributed by atoms with E-state index >= 15 is 0 Å². The second-order valence-corrected chi connectivity index (χ2v) is 2.80. The highest BCUT2D eigenvalue weighted by Crippen LogP contribution is 2.16. The number of nitrogens with one attached hydrogen (secondary N) is 1. The molecule has 0 saturated heterocycles. The summed E-state index contributed by atoms with van der Waals surface area (Å²) >= 11 is 0. The van der Waals surface area contributed by atoms with Gasteiger partial charge < -0.3 is 5.43 Å². The van der Waals surface area contributed by atoms with Crippen LogP contribution in [0, 0.1) is 5.82 Å². The first-order chi connectivity index (χ1) is 6.27. The zero-order chi connectivity index (χ0) is 9.68. The third-order valence-corrected chi connectivity index (χ3v) is 1.91. The summed E-state index contributed by atoms with van der Waals surface area (Å²) in [6.45, 7) is 5.35. The topological polar surface area (TPSA) is 24.4 Å². The number of rotatable bonds is 4. The van der Waals surface area contributed by atoms with Gasteiger partial charge in [-0.05, 0) is 24.1 Å². The Hall–Kier alpha value is -1.38. The fourth-order valence-corrected chi connectivity index (χ4v) is 1.24. The molecule has 3 heteroatoms. The first-order valence-corrected chi connectivity index (χ1v) is 4.24. The largest absolute Gasteiger partial charge is 0.303 e. The van der Waals surface area contributed by atoms with Crippen molar-refractivity contribution < 1.29 is 4.39 Å². The molecule has 0 aliphatic rings. The van der Waals surface area contributed by atoms with Crippen LogP contribution in [0.3, 0.4) is 0 Å². The van der Waals surface area contributed by atoms with Gasteiger partial charge in [-0.15, -0.1) is 0 Å². The van der Waals surface area contributed by atoms with Crippen molar-refractivity contribution in [2.75, 3.05) is 0 Å². The normalized spacial score (nSPS) is 12.2. The summed E-state index contributed by atoms with van der Waals surface area (Å²) in [5, 5.41) is 3.59. The van der Waals surface area contributed by atoms with Crippen molar-refractivity contribution in [2.45, 2.75) is 19.4 Å².